The third-order valence-electron chi connectivity index (χ3n) is 5.02. The molecular weight excluding hydrogens is 366 g/mol. The zero-order valence-corrected chi connectivity index (χ0v) is 17.1. The topological polar surface area (TPSA) is 78.5 Å². The molecule has 2 N–H and O–H groups in total. The lowest BCUT2D eigenvalue weighted by Gasteiger charge is -2.17. The monoisotopic (exact) mass is 393 g/mol. The van der Waals surface area contributed by atoms with Gasteiger partial charge >= 0.3 is 0 Å². The minimum atomic E-state index is -0.367. The van der Waals surface area contributed by atoms with Gasteiger partial charge in [-0.25, -0.2) is 0 Å². The number of amides is 3. The summed E-state index contributed by atoms with van der Waals surface area (Å²) in [6.45, 7) is 6.62. The molecule has 0 spiro atoms. The molecule has 1 fully saturated rings. The molecule has 1 aliphatic rings. The SMILES string of the molecule is Cc1ccc(CN2CC(C(=O)Nc3ccc(NC(=O)C(C)C)cc3)CC2=O)cc1. The summed E-state index contributed by atoms with van der Waals surface area (Å²) in [5, 5.41) is 5.68. The molecule has 6 nitrogen and oxygen atoms in total. The van der Waals surface area contributed by atoms with Crippen molar-refractivity contribution in [1.29, 1.82) is 0 Å². The summed E-state index contributed by atoms with van der Waals surface area (Å²) < 4.78 is 0. The van der Waals surface area contributed by atoms with Crippen LogP contribution in [-0.4, -0.2) is 29.2 Å². The number of aryl methyl sites for hydroxylation is 1. The Morgan fingerprint density at radius 2 is 1.59 bits per heavy atom. The van der Waals surface area contributed by atoms with Crippen LogP contribution in [-0.2, 0) is 20.9 Å². The van der Waals surface area contributed by atoms with Gasteiger partial charge in [0.2, 0.25) is 17.7 Å². The molecule has 29 heavy (non-hydrogen) atoms. The first-order valence-electron chi connectivity index (χ1n) is 9.87. The van der Waals surface area contributed by atoms with Crippen LogP contribution in [0.15, 0.2) is 48.5 Å². The van der Waals surface area contributed by atoms with Gasteiger partial charge in [-0.15, -0.1) is 0 Å². The van der Waals surface area contributed by atoms with Gasteiger partial charge in [0.25, 0.3) is 0 Å². The lowest BCUT2D eigenvalue weighted by molar-refractivity contribution is -0.128. The molecule has 3 amide bonds. The van der Waals surface area contributed by atoms with Gasteiger partial charge < -0.3 is 15.5 Å². The smallest absolute Gasteiger partial charge is 0.229 e. The fourth-order valence-electron chi connectivity index (χ4n) is 3.18. The van der Waals surface area contributed by atoms with E-state index in [-0.39, 0.29) is 36.0 Å². The van der Waals surface area contributed by atoms with Crippen molar-refractivity contribution in [3.63, 3.8) is 0 Å². The molecule has 1 heterocycles. The fraction of sp³-hybridized carbons (Fsp3) is 0.348. The molecule has 1 saturated heterocycles. The van der Waals surface area contributed by atoms with E-state index in [4.69, 9.17) is 0 Å². The Balaban J connectivity index is 1.55. The van der Waals surface area contributed by atoms with Crippen molar-refractivity contribution >= 4 is 29.1 Å². The van der Waals surface area contributed by atoms with Crippen molar-refractivity contribution in [1.82, 2.24) is 4.90 Å². The molecule has 152 valence electrons. The van der Waals surface area contributed by atoms with E-state index in [0.717, 1.165) is 5.56 Å². The first-order chi connectivity index (χ1) is 13.8. The van der Waals surface area contributed by atoms with Gasteiger partial charge in [0, 0.05) is 36.8 Å². The Morgan fingerprint density at radius 1 is 1.00 bits per heavy atom. The second kappa shape index (κ2) is 8.90. The predicted molar refractivity (Wildman–Crippen MR) is 113 cm³/mol. The number of carbonyl (C=O) groups is 3. The maximum atomic E-state index is 12.6. The van der Waals surface area contributed by atoms with E-state index < -0.39 is 0 Å². The molecule has 0 radical (unpaired) electrons. The van der Waals surface area contributed by atoms with Crippen molar-refractivity contribution in [2.45, 2.75) is 33.7 Å². The highest BCUT2D eigenvalue weighted by atomic mass is 16.2. The van der Waals surface area contributed by atoms with Crippen molar-refractivity contribution in [2.75, 3.05) is 17.2 Å². The van der Waals surface area contributed by atoms with Gasteiger partial charge in [-0.05, 0) is 36.8 Å². The van der Waals surface area contributed by atoms with E-state index >= 15 is 0 Å². The summed E-state index contributed by atoms with van der Waals surface area (Å²) in [7, 11) is 0. The average molecular weight is 393 g/mol. The second-order valence-electron chi connectivity index (χ2n) is 7.87. The van der Waals surface area contributed by atoms with Gasteiger partial charge in [-0.2, -0.15) is 0 Å². The first kappa shape index (κ1) is 20.6. The van der Waals surface area contributed by atoms with Crippen LogP contribution >= 0.6 is 0 Å². The molecule has 2 aromatic rings. The van der Waals surface area contributed by atoms with Gasteiger partial charge in [-0.1, -0.05) is 43.7 Å². The zero-order chi connectivity index (χ0) is 21.0. The van der Waals surface area contributed by atoms with Gasteiger partial charge in [0.15, 0.2) is 0 Å². The van der Waals surface area contributed by atoms with Crippen LogP contribution in [0.3, 0.4) is 0 Å². The molecule has 2 aromatic carbocycles. The lowest BCUT2D eigenvalue weighted by atomic mass is 10.1. The highest BCUT2D eigenvalue weighted by Gasteiger charge is 2.34. The van der Waals surface area contributed by atoms with Crippen LogP contribution in [0.2, 0.25) is 0 Å². The molecule has 0 saturated carbocycles. The van der Waals surface area contributed by atoms with Crippen LogP contribution < -0.4 is 10.6 Å². The third kappa shape index (κ3) is 5.44. The van der Waals surface area contributed by atoms with E-state index in [2.05, 4.69) is 10.6 Å². The number of benzene rings is 2. The van der Waals surface area contributed by atoms with E-state index in [0.29, 0.717) is 24.5 Å². The molecule has 0 aromatic heterocycles. The van der Waals surface area contributed by atoms with Gasteiger partial charge in [-0.3, -0.25) is 14.4 Å². The highest BCUT2D eigenvalue weighted by molar-refractivity contribution is 5.97. The predicted octanol–water partition coefficient (Wildman–Crippen LogP) is 3.58. The summed E-state index contributed by atoms with van der Waals surface area (Å²) in [4.78, 5) is 38.4. The molecular formula is C23H27N3O3. The number of anilines is 2. The van der Waals surface area contributed by atoms with Crippen LogP contribution in [0.25, 0.3) is 0 Å². The molecule has 6 heteroatoms. The number of rotatable bonds is 6. The normalized spacial score (nSPS) is 16.2. The van der Waals surface area contributed by atoms with E-state index in [1.807, 2.05) is 45.0 Å². The quantitative estimate of drug-likeness (QED) is 0.787. The molecule has 3 rings (SSSR count). The maximum absolute atomic E-state index is 12.6. The van der Waals surface area contributed by atoms with E-state index in [1.54, 1.807) is 29.2 Å². The van der Waals surface area contributed by atoms with Crippen LogP contribution in [0.4, 0.5) is 11.4 Å². The van der Waals surface area contributed by atoms with Crippen molar-refractivity contribution in [3.05, 3.63) is 59.7 Å². The Labute approximate surface area is 171 Å². The number of nitrogens with zero attached hydrogens (tertiary/aromatic N) is 1. The molecule has 1 aliphatic heterocycles. The summed E-state index contributed by atoms with van der Waals surface area (Å²) in [5.41, 5.74) is 3.56. The van der Waals surface area contributed by atoms with Crippen LogP contribution in [0.5, 0.6) is 0 Å². The van der Waals surface area contributed by atoms with Crippen LogP contribution in [0, 0.1) is 18.8 Å². The van der Waals surface area contributed by atoms with E-state index in [9.17, 15) is 14.4 Å². The largest absolute Gasteiger partial charge is 0.338 e. The summed E-state index contributed by atoms with van der Waals surface area (Å²) >= 11 is 0. The zero-order valence-electron chi connectivity index (χ0n) is 17.1. The van der Waals surface area contributed by atoms with Gasteiger partial charge in [0.05, 0.1) is 5.92 Å². The number of likely N-dealkylation sites (tertiary alicyclic amines) is 1. The molecule has 0 bridgehead atoms. The number of carbonyl (C=O) groups excluding carboxylic acids is 3. The van der Waals surface area contributed by atoms with Crippen molar-refractivity contribution < 1.29 is 14.4 Å². The Bertz CT molecular complexity index is 889. The average Bonchev–Trinajstić information content (AvgIpc) is 3.05. The van der Waals surface area contributed by atoms with Crippen molar-refractivity contribution in [2.24, 2.45) is 11.8 Å². The fourth-order valence-corrected chi connectivity index (χ4v) is 3.18. The first-order valence-corrected chi connectivity index (χ1v) is 9.87. The standard InChI is InChI=1S/C23H27N3O3/c1-15(2)22(28)24-19-8-10-20(11-9-19)25-23(29)18-12-21(27)26(14-18)13-17-6-4-16(3)5-7-17/h4-11,15,18H,12-14H2,1-3H3,(H,24,28)(H,25,29). The number of hydrogen-bond acceptors (Lipinski definition) is 3. The summed E-state index contributed by atoms with van der Waals surface area (Å²) in [6.07, 6.45) is 0.222. The number of hydrogen-bond donors (Lipinski definition) is 2. The highest BCUT2D eigenvalue weighted by Crippen LogP contribution is 2.23. The molecule has 1 atom stereocenters. The summed E-state index contributed by atoms with van der Waals surface area (Å²) in [6, 6.07) is 15.0. The van der Waals surface area contributed by atoms with E-state index in [1.165, 1.54) is 5.56 Å². The summed E-state index contributed by atoms with van der Waals surface area (Å²) in [5.74, 6) is -0.688. The minimum Gasteiger partial charge on any atom is -0.338 e. The Morgan fingerprint density at radius 3 is 2.17 bits per heavy atom. The number of nitrogens with one attached hydrogen (secondary N) is 2. The van der Waals surface area contributed by atoms with Crippen LogP contribution in [0.1, 0.15) is 31.4 Å². The molecule has 1 unspecified atom stereocenters. The van der Waals surface area contributed by atoms with Crippen molar-refractivity contribution in [3.8, 4) is 0 Å². The minimum absolute atomic E-state index is 0.00234. The lowest BCUT2D eigenvalue weighted by Crippen LogP contribution is -2.28. The Hall–Kier alpha value is -3.15. The maximum Gasteiger partial charge on any atom is 0.229 e. The third-order valence-corrected chi connectivity index (χ3v) is 5.02. The van der Waals surface area contributed by atoms with Gasteiger partial charge in [0.1, 0.15) is 0 Å². The second-order valence-corrected chi connectivity index (χ2v) is 7.87. The Kier molecular flexibility index (Phi) is 6.32. The molecule has 0 aliphatic carbocycles.